The summed E-state index contributed by atoms with van der Waals surface area (Å²) in [6, 6.07) is 0.820. The van der Waals surface area contributed by atoms with E-state index in [1.165, 1.54) is 45.1 Å². The van der Waals surface area contributed by atoms with Crippen molar-refractivity contribution in [2.24, 2.45) is 5.92 Å². The van der Waals surface area contributed by atoms with Gasteiger partial charge in [0.1, 0.15) is 0 Å². The minimum absolute atomic E-state index is 0. The third-order valence-electron chi connectivity index (χ3n) is 3.06. The van der Waals surface area contributed by atoms with Crippen LogP contribution in [0.4, 0.5) is 0 Å². The van der Waals surface area contributed by atoms with Gasteiger partial charge in [-0.2, -0.15) is 0 Å². The Kier molecular flexibility index (Phi) is 4.67. The van der Waals surface area contributed by atoms with E-state index in [0.717, 1.165) is 12.0 Å². The van der Waals surface area contributed by atoms with Gasteiger partial charge in [0.15, 0.2) is 0 Å². The molecule has 1 fully saturated rings. The van der Waals surface area contributed by atoms with Crippen LogP contribution in [-0.2, 0) is 0 Å². The molecule has 1 N–H and O–H groups in total. The Labute approximate surface area is 78.4 Å². The van der Waals surface area contributed by atoms with E-state index in [0.29, 0.717) is 0 Å². The van der Waals surface area contributed by atoms with E-state index in [1.54, 1.807) is 0 Å². The molecule has 1 heteroatoms. The van der Waals surface area contributed by atoms with Gasteiger partial charge in [-0.1, -0.05) is 33.1 Å². The SMILES string of the molecule is CCCC[C@@H]1CCN[C@H](CC)C1.[HH]. The van der Waals surface area contributed by atoms with E-state index in [2.05, 4.69) is 19.2 Å². The van der Waals surface area contributed by atoms with Crippen LogP contribution in [0.15, 0.2) is 0 Å². The maximum atomic E-state index is 3.58. The van der Waals surface area contributed by atoms with Crippen LogP contribution in [0.3, 0.4) is 0 Å². The van der Waals surface area contributed by atoms with Gasteiger partial charge in [-0.3, -0.25) is 0 Å². The van der Waals surface area contributed by atoms with E-state index < -0.39 is 0 Å². The van der Waals surface area contributed by atoms with Crippen LogP contribution >= 0.6 is 0 Å². The summed E-state index contributed by atoms with van der Waals surface area (Å²) >= 11 is 0. The highest BCUT2D eigenvalue weighted by Gasteiger charge is 2.18. The second-order valence-corrected chi connectivity index (χ2v) is 4.09. The van der Waals surface area contributed by atoms with Crippen molar-refractivity contribution in [2.45, 2.75) is 58.4 Å². The Morgan fingerprint density at radius 3 is 2.92 bits per heavy atom. The number of hydrogen-bond acceptors (Lipinski definition) is 1. The van der Waals surface area contributed by atoms with Gasteiger partial charge in [0, 0.05) is 7.47 Å². The topological polar surface area (TPSA) is 12.0 Å². The number of nitrogens with one attached hydrogen (secondary N) is 1. The lowest BCUT2D eigenvalue weighted by atomic mass is 9.87. The average molecular weight is 171 g/mol. The zero-order chi connectivity index (χ0) is 8.81. The minimum atomic E-state index is 0. The number of hydrogen-bond donors (Lipinski definition) is 1. The van der Waals surface area contributed by atoms with Crippen LogP contribution in [0.2, 0.25) is 0 Å². The average Bonchev–Trinajstić information content (AvgIpc) is 2.15. The molecule has 0 radical (unpaired) electrons. The predicted octanol–water partition coefficient (Wildman–Crippen LogP) is 3.20. The van der Waals surface area contributed by atoms with Crippen molar-refractivity contribution in [1.29, 1.82) is 0 Å². The summed E-state index contributed by atoms with van der Waals surface area (Å²) in [6.45, 7) is 5.84. The van der Waals surface area contributed by atoms with Crippen molar-refractivity contribution in [3.8, 4) is 0 Å². The monoisotopic (exact) mass is 171 g/mol. The van der Waals surface area contributed by atoms with E-state index in [4.69, 9.17) is 0 Å². The highest BCUT2D eigenvalue weighted by molar-refractivity contribution is 4.76. The standard InChI is InChI=1S/C11H23N.H2/c1-3-5-6-10-7-8-12-11(4-2)9-10;/h10-12H,3-9H2,1-2H3;1H/t10-,11-;/m1./s1. The fourth-order valence-electron chi connectivity index (χ4n) is 2.16. The molecule has 0 spiro atoms. The van der Waals surface area contributed by atoms with Gasteiger partial charge in [0.2, 0.25) is 0 Å². The molecule has 2 atom stereocenters. The molecule has 0 aromatic heterocycles. The van der Waals surface area contributed by atoms with Crippen molar-refractivity contribution in [3.63, 3.8) is 0 Å². The van der Waals surface area contributed by atoms with Crippen LogP contribution < -0.4 is 5.32 Å². The molecule has 1 saturated heterocycles. The maximum Gasteiger partial charge on any atom is 0.00670 e. The molecule has 0 aromatic carbocycles. The van der Waals surface area contributed by atoms with E-state index >= 15 is 0 Å². The molecule has 12 heavy (non-hydrogen) atoms. The van der Waals surface area contributed by atoms with Crippen molar-refractivity contribution < 1.29 is 1.43 Å². The highest BCUT2D eigenvalue weighted by atomic mass is 14.9. The minimum Gasteiger partial charge on any atom is -0.314 e. The highest BCUT2D eigenvalue weighted by Crippen LogP contribution is 2.22. The Balaban J connectivity index is 0.00000144. The third kappa shape index (κ3) is 3.14. The molecule has 74 valence electrons. The number of piperidine rings is 1. The first kappa shape index (κ1) is 10.0. The van der Waals surface area contributed by atoms with Crippen LogP contribution in [0.25, 0.3) is 0 Å². The smallest absolute Gasteiger partial charge is 0.00670 e. The fraction of sp³-hybridized carbons (Fsp3) is 1.00. The molecule has 0 amide bonds. The lowest BCUT2D eigenvalue weighted by molar-refractivity contribution is 0.279. The maximum absolute atomic E-state index is 3.58. The first-order chi connectivity index (χ1) is 5.86. The second-order valence-electron chi connectivity index (χ2n) is 4.09. The Hall–Kier alpha value is -0.0400. The molecule has 1 aliphatic rings. The van der Waals surface area contributed by atoms with Gasteiger partial charge in [-0.15, -0.1) is 0 Å². The summed E-state index contributed by atoms with van der Waals surface area (Å²) in [6.07, 6.45) is 8.41. The van der Waals surface area contributed by atoms with Gasteiger partial charge in [0.05, 0.1) is 0 Å². The Bertz CT molecular complexity index is 117. The second kappa shape index (κ2) is 5.58. The lowest BCUT2D eigenvalue weighted by Crippen LogP contribution is -2.37. The molecular formula is C11H25N. The van der Waals surface area contributed by atoms with Gasteiger partial charge < -0.3 is 5.32 Å². The van der Waals surface area contributed by atoms with E-state index in [9.17, 15) is 0 Å². The summed E-state index contributed by atoms with van der Waals surface area (Å²) in [5.41, 5.74) is 0. The van der Waals surface area contributed by atoms with Gasteiger partial charge in [0.25, 0.3) is 0 Å². The van der Waals surface area contributed by atoms with Crippen molar-refractivity contribution in [2.75, 3.05) is 6.54 Å². The summed E-state index contributed by atoms with van der Waals surface area (Å²) < 4.78 is 0. The first-order valence-electron chi connectivity index (χ1n) is 5.60. The third-order valence-corrected chi connectivity index (χ3v) is 3.06. The molecule has 0 unspecified atom stereocenters. The van der Waals surface area contributed by atoms with Crippen molar-refractivity contribution >= 4 is 0 Å². The van der Waals surface area contributed by atoms with Gasteiger partial charge in [-0.05, 0) is 31.7 Å². The molecular weight excluding hydrogens is 146 g/mol. The summed E-state index contributed by atoms with van der Waals surface area (Å²) in [5.74, 6) is 1.02. The number of rotatable bonds is 4. The molecule has 1 rings (SSSR count). The summed E-state index contributed by atoms with van der Waals surface area (Å²) in [5, 5.41) is 3.58. The quantitative estimate of drug-likeness (QED) is 0.685. The molecule has 1 heterocycles. The van der Waals surface area contributed by atoms with Gasteiger partial charge in [-0.25, -0.2) is 0 Å². The zero-order valence-corrected chi connectivity index (χ0v) is 8.60. The normalized spacial score (nSPS) is 30.5. The molecule has 0 aromatic rings. The molecule has 0 aliphatic carbocycles. The van der Waals surface area contributed by atoms with E-state index in [-0.39, 0.29) is 1.43 Å². The zero-order valence-electron chi connectivity index (χ0n) is 8.60. The van der Waals surface area contributed by atoms with Crippen LogP contribution in [0.5, 0.6) is 0 Å². The summed E-state index contributed by atoms with van der Waals surface area (Å²) in [4.78, 5) is 0. The molecule has 0 bridgehead atoms. The van der Waals surface area contributed by atoms with Crippen molar-refractivity contribution in [3.05, 3.63) is 0 Å². The van der Waals surface area contributed by atoms with E-state index in [1.807, 2.05) is 0 Å². The first-order valence-corrected chi connectivity index (χ1v) is 5.60. The predicted molar refractivity (Wildman–Crippen MR) is 56.4 cm³/mol. The Morgan fingerprint density at radius 1 is 1.42 bits per heavy atom. The fourth-order valence-corrected chi connectivity index (χ4v) is 2.16. The largest absolute Gasteiger partial charge is 0.314 e. The molecule has 0 saturated carbocycles. The summed E-state index contributed by atoms with van der Waals surface area (Å²) in [7, 11) is 0. The van der Waals surface area contributed by atoms with Gasteiger partial charge >= 0.3 is 0 Å². The molecule has 1 nitrogen and oxygen atoms in total. The lowest BCUT2D eigenvalue weighted by Gasteiger charge is -2.29. The van der Waals surface area contributed by atoms with Crippen LogP contribution in [0.1, 0.15) is 53.8 Å². The van der Waals surface area contributed by atoms with Crippen LogP contribution in [-0.4, -0.2) is 12.6 Å². The Morgan fingerprint density at radius 2 is 2.25 bits per heavy atom. The number of unbranched alkanes of at least 4 members (excludes halogenated alkanes) is 1. The molecule has 1 aliphatic heterocycles. The van der Waals surface area contributed by atoms with Crippen LogP contribution in [0, 0.1) is 5.92 Å². The van der Waals surface area contributed by atoms with Crippen molar-refractivity contribution in [1.82, 2.24) is 5.32 Å².